The molecule has 3 nitrogen and oxygen atoms in total. The van der Waals surface area contributed by atoms with Crippen LogP contribution in [0.5, 0.6) is 11.5 Å². The van der Waals surface area contributed by atoms with Crippen LogP contribution in [0.25, 0.3) is 0 Å². The maximum absolute atomic E-state index is 12.4. The average Bonchev–Trinajstić information content (AvgIpc) is 2.19. The minimum Gasteiger partial charge on any atom is -0.429 e. The van der Waals surface area contributed by atoms with Crippen LogP contribution in [-0.2, 0) is 4.79 Å². The van der Waals surface area contributed by atoms with Crippen molar-refractivity contribution in [1.82, 2.24) is 0 Å². The zero-order valence-corrected chi connectivity index (χ0v) is 8.00. The zero-order chi connectivity index (χ0) is 13.1. The summed E-state index contributed by atoms with van der Waals surface area (Å²) in [5.41, 5.74) is 0. The van der Waals surface area contributed by atoms with E-state index in [0.29, 0.717) is 0 Å². The maximum Gasteiger partial charge on any atom is 0.499 e. The molecule has 0 bridgehead atoms. The van der Waals surface area contributed by atoms with Crippen molar-refractivity contribution in [3.63, 3.8) is 0 Å². The Labute approximate surface area is 91.7 Å². The fourth-order valence-electron chi connectivity index (χ4n) is 0.848. The minimum atomic E-state index is -5.80. The summed E-state index contributed by atoms with van der Waals surface area (Å²) >= 11 is 0. The van der Waals surface area contributed by atoms with Gasteiger partial charge in [0, 0.05) is 0 Å². The normalized spacial score (nSPS) is 12.1. The summed E-state index contributed by atoms with van der Waals surface area (Å²) in [4.78, 5) is 9.90. The first kappa shape index (κ1) is 13.2. The number of hydrogen-bond donors (Lipinski definition) is 0. The van der Waals surface area contributed by atoms with Crippen LogP contribution in [0.1, 0.15) is 0 Å². The Kier molecular flexibility index (Phi) is 3.54. The van der Waals surface area contributed by atoms with E-state index in [2.05, 4.69) is 9.47 Å². The van der Waals surface area contributed by atoms with Gasteiger partial charge in [-0.25, -0.2) is 0 Å². The van der Waals surface area contributed by atoms with Crippen molar-refractivity contribution in [2.45, 2.75) is 12.3 Å². The summed E-state index contributed by atoms with van der Waals surface area (Å²) in [6.07, 6.45) is -11.1. The molecule has 0 heterocycles. The third-order valence-corrected chi connectivity index (χ3v) is 1.58. The highest BCUT2D eigenvalue weighted by Crippen LogP contribution is 2.37. The molecule has 0 saturated heterocycles. The van der Waals surface area contributed by atoms with Crippen LogP contribution >= 0.6 is 0 Å². The highest BCUT2D eigenvalue weighted by atomic mass is 19.4. The van der Waals surface area contributed by atoms with Crippen molar-refractivity contribution < 1.29 is 36.2 Å². The molecule has 0 aliphatic rings. The first-order chi connectivity index (χ1) is 7.76. The number of hydrogen-bond acceptors (Lipinski definition) is 3. The molecule has 0 aromatic heterocycles. The number of halogens is 5. The number of rotatable bonds is 4. The van der Waals surface area contributed by atoms with Gasteiger partial charge >= 0.3 is 12.3 Å². The second-order valence-corrected chi connectivity index (χ2v) is 2.80. The van der Waals surface area contributed by atoms with Crippen molar-refractivity contribution >= 4 is 6.47 Å². The lowest BCUT2D eigenvalue weighted by Crippen LogP contribution is -2.41. The molecule has 0 amide bonds. The van der Waals surface area contributed by atoms with Crippen LogP contribution in [0.4, 0.5) is 22.0 Å². The topological polar surface area (TPSA) is 35.5 Å². The smallest absolute Gasteiger partial charge is 0.429 e. The second kappa shape index (κ2) is 4.56. The largest absolute Gasteiger partial charge is 0.499 e. The van der Waals surface area contributed by atoms with Crippen LogP contribution in [-0.4, -0.2) is 18.8 Å². The Balaban J connectivity index is 2.79. The standard InChI is InChI=1S/C9H5F5O3/c10-8(11,12)9(13,14)17-7-3-1-6(2-4-7)16-5-15/h1-5H. The molecule has 1 rings (SSSR count). The predicted octanol–water partition coefficient (Wildman–Crippen LogP) is 2.76. The molecule has 0 radical (unpaired) electrons. The molecule has 1 aromatic rings. The van der Waals surface area contributed by atoms with Crippen LogP contribution in [0.2, 0.25) is 0 Å². The maximum atomic E-state index is 12.4. The van der Waals surface area contributed by atoms with Gasteiger partial charge < -0.3 is 9.47 Å². The van der Waals surface area contributed by atoms with Crippen LogP contribution < -0.4 is 9.47 Å². The van der Waals surface area contributed by atoms with Gasteiger partial charge in [-0.15, -0.1) is 0 Å². The SMILES string of the molecule is O=COc1ccc(OC(F)(F)C(F)(F)F)cc1. The number of ether oxygens (including phenoxy) is 2. The third-order valence-electron chi connectivity index (χ3n) is 1.58. The summed E-state index contributed by atoms with van der Waals surface area (Å²) in [5, 5.41) is 0. The molecule has 0 aliphatic carbocycles. The Hall–Kier alpha value is -1.86. The molecule has 8 heteroatoms. The summed E-state index contributed by atoms with van der Waals surface area (Å²) in [7, 11) is 0. The van der Waals surface area contributed by atoms with Crippen molar-refractivity contribution in [3.8, 4) is 11.5 Å². The summed E-state index contributed by atoms with van der Waals surface area (Å²) in [6, 6.07) is 3.66. The van der Waals surface area contributed by atoms with E-state index in [4.69, 9.17) is 0 Å². The van der Waals surface area contributed by atoms with Crippen LogP contribution in [0, 0.1) is 0 Å². The average molecular weight is 256 g/mol. The summed E-state index contributed by atoms with van der Waals surface area (Å²) < 4.78 is 68.0. The number of carbonyl (C=O) groups is 1. The van der Waals surface area contributed by atoms with E-state index in [1.807, 2.05) is 0 Å². The molecule has 0 unspecified atom stereocenters. The van der Waals surface area contributed by atoms with Crippen LogP contribution in [0.3, 0.4) is 0 Å². The van der Waals surface area contributed by atoms with Gasteiger partial charge in [0.1, 0.15) is 11.5 Å². The van der Waals surface area contributed by atoms with Crippen molar-refractivity contribution in [3.05, 3.63) is 24.3 Å². The van der Waals surface area contributed by atoms with E-state index in [0.717, 1.165) is 24.3 Å². The lowest BCUT2D eigenvalue weighted by Gasteiger charge is -2.20. The molecular formula is C9H5F5O3. The second-order valence-electron chi connectivity index (χ2n) is 2.80. The van der Waals surface area contributed by atoms with Gasteiger partial charge in [0.05, 0.1) is 0 Å². The fraction of sp³-hybridized carbons (Fsp3) is 0.222. The first-order valence-corrected chi connectivity index (χ1v) is 4.10. The summed E-state index contributed by atoms with van der Waals surface area (Å²) in [5.74, 6) is -0.715. The fourth-order valence-corrected chi connectivity index (χ4v) is 0.848. The Morgan fingerprint density at radius 3 is 1.82 bits per heavy atom. The van der Waals surface area contributed by atoms with E-state index >= 15 is 0 Å². The van der Waals surface area contributed by atoms with Gasteiger partial charge in [-0.2, -0.15) is 22.0 Å². The highest BCUT2D eigenvalue weighted by molar-refractivity contribution is 5.45. The van der Waals surface area contributed by atoms with Gasteiger partial charge in [0.2, 0.25) is 0 Å². The predicted molar refractivity (Wildman–Crippen MR) is 44.8 cm³/mol. The van der Waals surface area contributed by atoms with Gasteiger partial charge in [-0.05, 0) is 24.3 Å². The third kappa shape index (κ3) is 3.30. The van der Waals surface area contributed by atoms with Crippen molar-refractivity contribution in [2.24, 2.45) is 0 Å². The molecule has 0 atom stereocenters. The monoisotopic (exact) mass is 256 g/mol. The number of alkyl halides is 5. The zero-order valence-electron chi connectivity index (χ0n) is 8.00. The van der Waals surface area contributed by atoms with E-state index in [1.54, 1.807) is 0 Å². The molecule has 1 aromatic carbocycles. The van der Waals surface area contributed by atoms with E-state index < -0.39 is 18.0 Å². The lowest BCUT2D eigenvalue weighted by molar-refractivity contribution is -0.360. The Bertz CT molecular complexity index is 385. The van der Waals surface area contributed by atoms with Gasteiger partial charge in [-0.3, -0.25) is 4.79 Å². The van der Waals surface area contributed by atoms with Crippen molar-refractivity contribution in [1.29, 1.82) is 0 Å². The Morgan fingerprint density at radius 2 is 1.41 bits per heavy atom. The number of carbonyl (C=O) groups excluding carboxylic acids is 1. The van der Waals surface area contributed by atoms with Gasteiger partial charge in [-0.1, -0.05) is 0 Å². The summed E-state index contributed by atoms with van der Waals surface area (Å²) in [6.45, 7) is 0.0835. The van der Waals surface area contributed by atoms with Gasteiger partial charge in [0.15, 0.2) is 0 Å². The minimum absolute atomic E-state index is 0.0114. The lowest BCUT2D eigenvalue weighted by atomic mass is 10.3. The van der Waals surface area contributed by atoms with E-state index in [9.17, 15) is 26.7 Å². The van der Waals surface area contributed by atoms with E-state index in [1.165, 1.54) is 0 Å². The molecule has 0 fully saturated rings. The first-order valence-electron chi connectivity index (χ1n) is 4.10. The Morgan fingerprint density at radius 1 is 0.941 bits per heavy atom. The molecule has 94 valence electrons. The van der Waals surface area contributed by atoms with Crippen molar-refractivity contribution in [2.75, 3.05) is 0 Å². The number of benzene rings is 1. The molecule has 0 spiro atoms. The quantitative estimate of drug-likeness (QED) is 0.613. The molecule has 0 saturated carbocycles. The molecular weight excluding hydrogens is 251 g/mol. The molecule has 0 N–H and O–H groups in total. The van der Waals surface area contributed by atoms with Gasteiger partial charge in [0.25, 0.3) is 6.47 Å². The van der Waals surface area contributed by atoms with Crippen LogP contribution in [0.15, 0.2) is 24.3 Å². The molecule has 0 aliphatic heterocycles. The highest BCUT2D eigenvalue weighted by Gasteiger charge is 2.61. The molecule has 17 heavy (non-hydrogen) atoms. The van der Waals surface area contributed by atoms with E-state index in [-0.39, 0.29) is 12.2 Å².